The zero-order valence-electron chi connectivity index (χ0n) is 13.2. The van der Waals surface area contributed by atoms with Crippen LogP contribution in [-0.2, 0) is 26.9 Å². The predicted molar refractivity (Wildman–Crippen MR) is 74.8 cm³/mol. The van der Waals surface area contributed by atoms with Crippen LogP contribution in [0, 0.1) is 34.6 Å². The Kier molecular flexibility index (Phi) is 9.86. The Morgan fingerprint density at radius 2 is 1.05 bits per heavy atom. The maximum absolute atomic E-state index is 2.32. The van der Waals surface area contributed by atoms with E-state index in [-0.39, 0.29) is 40.9 Å². The standard InChI is InChI=1S/C17H21.3ClH.Ti/c1-11-12(2)14(4)17(15(5)13(11)3)10-16-8-6-7-9-16;;;;/h6-9H,10H2,1-5H3;3*1H;/q;;;;+3/p-3. The zero-order chi connectivity index (χ0) is 13.5. The summed E-state index contributed by atoms with van der Waals surface area (Å²) < 4.78 is 0.198. The fourth-order valence-electron chi connectivity index (χ4n) is 2.76. The fraction of sp³-hybridized carbons (Fsp3) is 0.412. The summed E-state index contributed by atoms with van der Waals surface area (Å²) in [5, 5.41) is 0. The van der Waals surface area contributed by atoms with Crippen LogP contribution in [0.5, 0.6) is 0 Å². The van der Waals surface area contributed by atoms with Crippen LogP contribution in [0.2, 0.25) is 3.72 Å². The number of allylic oxidation sites excluding steroid dienone is 4. The fourth-order valence-corrected chi connectivity index (χ4v) is 3.34. The monoisotopic (exact) mass is 378 g/mol. The third-order valence-corrected chi connectivity index (χ3v) is 5.32. The molecule has 2 rings (SSSR count). The number of hydrogen-bond acceptors (Lipinski definition) is 0. The van der Waals surface area contributed by atoms with Gasteiger partial charge in [-0.15, -0.1) is 0 Å². The van der Waals surface area contributed by atoms with Crippen molar-refractivity contribution in [3.8, 4) is 0 Å². The number of rotatable bonds is 2. The van der Waals surface area contributed by atoms with Crippen LogP contribution in [0.25, 0.3) is 0 Å². The zero-order valence-corrected chi connectivity index (χ0v) is 17.0. The van der Waals surface area contributed by atoms with Crippen molar-refractivity contribution in [1.29, 1.82) is 0 Å². The van der Waals surface area contributed by atoms with Gasteiger partial charge in [0, 0.05) is 0 Å². The van der Waals surface area contributed by atoms with Crippen LogP contribution < -0.4 is 37.2 Å². The van der Waals surface area contributed by atoms with Crippen molar-refractivity contribution >= 4 is 0 Å². The van der Waals surface area contributed by atoms with Gasteiger partial charge < -0.3 is 37.2 Å². The number of halogens is 3. The van der Waals surface area contributed by atoms with Gasteiger partial charge in [0.2, 0.25) is 0 Å². The molecule has 1 aromatic carbocycles. The van der Waals surface area contributed by atoms with Gasteiger partial charge in [0.25, 0.3) is 0 Å². The van der Waals surface area contributed by atoms with Crippen molar-refractivity contribution < 1.29 is 57.7 Å². The Morgan fingerprint density at radius 1 is 0.714 bits per heavy atom. The first-order valence-corrected chi connectivity index (χ1v) is 7.32. The van der Waals surface area contributed by atoms with Gasteiger partial charge in [-0.1, -0.05) is 0 Å². The molecule has 0 fully saturated rings. The quantitative estimate of drug-likeness (QED) is 0.456. The summed E-state index contributed by atoms with van der Waals surface area (Å²) in [7, 11) is 0. The van der Waals surface area contributed by atoms with Gasteiger partial charge in [-0.05, 0) is 0 Å². The van der Waals surface area contributed by atoms with Crippen LogP contribution in [0.1, 0.15) is 33.4 Å². The summed E-state index contributed by atoms with van der Waals surface area (Å²) >= 11 is 2.32. The van der Waals surface area contributed by atoms with E-state index in [4.69, 9.17) is 0 Å². The van der Waals surface area contributed by atoms with Crippen molar-refractivity contribution in [3.05, 3.63) is 57.7 Å². The Morgan fingerprint density at radius 3 is 1.43 bits per heavy atom. The molecular weight excluding hydrogens is 358 g/mol. The van der Waals surface area contributed by atoms with Gasteiger partial charge in [-0.2, -0.15) is 0 Å². The third-order valence-electron chi connectivity index (χ3n) is 4.52. The first-order valence-electron chi connectivity index (χ1n) is 6.53. The molecule has 0 unspecified atom stereocenters. The molecule has 0 heterocycles. The smallest absolute Gasteiger partial charge is 1.00 e. The summed E-state index contributed by atoms with van der Waals surface area (Å²) in [6.07, 6.45) is 10.1. The van der Waals surface area contributed by atoms with E-state index < -0.39 is 0 Å². The Balaban J connectivity index is 0. The van der Waals surface area contributed by atoms with E-state index in [1.165, 1.54) is 33.4 Å². The van der Waals surface area contributed by atoms with Gasteiger partial charge in [-0.3, -0.25) is 0 Å². The molecule has 0 radical (unpaired) electrons. The van der Waals surface area contributed by atoms with E-state index in [2.05, 4.69) is 79.4 Å². The molecule has 4 heteroatoms. The van der Waals surface area contributed by atoms with Gasteiger partial charge in [0.15, 0.2) is 0 Å². The molecule has 1 aliphatic carbocycles. The topological polar surface area (TPSA) is 0 Å². The van der Waals surface area contributed by atoms with Crippen LogP contribution in [0.4, 0.5) is 0 Å². The van der Waals surface area contributed by atoms with E-state index in [1.54, 1.807) is 0 Å². The minimum atomic E-state index is 0. The largest absolute Gasteiger partial charge is 1.00 e. The number of hydrogen-bond donors (Lipinski definition) is 0. The van der Waals surface area contributed by atoms with Gasteiger partial charge in [0.1, 0.15) is 0 Å². The summed E-state index contributed by atoms with van der Waals surface area (Å²) in [6.45, 7) is 11.3. The molecule has 114 valence electrons. The summed E-state index contributed by atoms with van der Waals surface area (Å²) in [4.78, 5) is 0. The van der Waals surface area contributed by atoms with Gasteiger partial charge in [0.05, 0.1) is 0 Å². The predicted octanol–water partition coefficient (Wildman–Crippen LogP) is -4.39. The summed E-state index contributed by atoms with van der Waals surface area (Å²) in [6, 6.07) is 0. The molecule has 0 nitrogen and oxygen atoms in total. The minimum absolute atomic E-state index is 0. The van der Waals surface area contributed by atoms with Crippen molar-refractivity contribution in [1.82, 2.24) is 0 Å². The molecule has 0 aromatic heterocycles. The van der Waals surface area contributed by atoms with Crippen molar-refractivity contribution in [3.63, 3.8) is 0 Å². The van der Waals surface area contributed by atoms with Crippen LogP contribution >= 0.6 is 0 Å². The number of benzene rings is 1. The molecule has 0 saturated heterocycles. The normalized spacial score (nSPS) is 14.2. The van der Waals surface area contributed by atoms with Crippen LogP contribution in [0.3, 0.4) is 0 Å². The Hall–Kier alpha value is 0.284. The molecule has 0 amide bonds. The van der Waals surface area contributed by atoms with Crippen LogP contribution in [-0.4, -0.2) is 0 Å². The first kappa shape index (κ1) is 23.5. The molecule has 0 aliphatic heterocycles. The van der Waals surface area contributed by atoms with Crippen molar-refractivity contribution in [2.45, 2.75) is 44.8 Å². The molecule has 21 heavy (non-hydrogen) atoms. The first-order chi connectivity index (χ1) is 8.36. The molecule has 1 aliphatic rings. The van der Waals surface area contributed by atoms with E-state index in [0.29, 0.717) is 0 Å². The molecule has 0 atom stereocenters. The Bertz CT molecular complexity index is 519. The van der Waals surface area contributed by atoms with Gasteiger partial charge >= 0.3 is 123 Å². The van der Waals surface area contributed by atoms with Crippen molar-refractivity contribution in [2.75, 3.05) is 0 Å². The van der Waals surface area contributed by atoms with Crippen LogP contribution in [0.15, 0.2) is 24.3 Å². The van der Waals surface area contributed by atoms with E-state index in [1.807, 2.05) is 0 Å². The molecule has 0 N–H and O–H groups in total. The average Bonchev–Trinajstić information content (AvgIpc) is 2.77. The molecular formula is C17H21Cl3Ti. The third kappa shape index (κ3) is 4.63. The summed E-state index contributed by atoms with van der Waals surface area (Å²) in [5.74, 6) is 0. The van der Waals surface area contributed by atoms with E-state index in [0.717, 1.165) is 6.42 Å². The molecule has 1 aromatic rings. The van der Waals surface area contributed by atoms with Crippen molar-refractivity contribution in [2.24, 2.45) is 0 Å². The molecule has 0 bridgehead atoms. The second-order valence-corrected chi connectivity index (χ2v) is 6.99. The minimum Gasteiger partial charge on any atom is -1.00 e. The molecule has 0 spiro atoms. The SMILES string of the molecule is Cc1c(C)c(C)c(C[C]2([Ti+3])C=CC=C2)c(C)c1C.[Cl-].[Cl-].[Cl-]. The Labute approximate surface area is 159 Å². The van der Waals surface area contributed by atoms with Gasteiger partial charge in [-0.25, -0.2) is 0 Å². The summed E-state index contributed by atoms with van der Waals surface area (Å²) in [5.41, 5.74) is 8.87. The second-order valence-electron chi connectivity index (χ2n) is 5.54. The van der Waals surface area contributed by atoms with E-state index >= 15 is 0 Å². The maximum atomic E-state index is 2.32. The average molecular weight is 380 g/mol. The second kappa shape index (κ2) is 8.80. The maximum Gasteiger partial charge on any atom is -1.00 e. The van der Waals surface area contributed by atoms with E-state index in [9.17, 15) is 0 Å². The molecule has 0 saturated carbocycles.